The number of hydrogen-bond donors (Lipinski definition) is 1. The molecule has 6 heteroatoms. The van der Waals surface area contributed by atoms with Gasteiger partial charge in [0.1, 0.15) is 0 Å². The van der Waals surface area contributed by atoms with Crippen molar-refractivity contribution in [2.24, 2.45) is 7.05 Å². The Hall–Kier alpha value is -1.92. The summed E-state index contributed by atoms with van der Waals surface area (Å²) in [5, 5.41) is 4.22. The van der Waals surface area contributed by atoms with Gasteiger partial charge in [-0.05, 0) is 49.8 Å². The first-order valence-electron chi connectivity index (χ1n) is 8.14. The maximum absolute atomic E-state index is 5.62. The zero-order chi connectivity index (χ0) is 17.3. The standard InChI is InChI=1S/C18H24N4OS/c1-12-11-14(13(2)21(12)3)17-16(15-7-5-6-8-19-15)20-18(24)22(17)9-10-23-4/h5-8,11,16-17H,9-10H2,1-4H3,(H,20,24). The fourth-order valence-electron chi connectivity index (χ4n) is 3.36. The summed E-state index contributed by atoms with van der Waals surface area (Å²) in [5.41, 5.74) is 4.79. The molecule has 1 aliphatic rings. The average Bonchev–Trinajstić information content (AvgIpc) is 3.05. The van der Waals surface area contributed by atoms with Gasteiger partial charge in [0.05, 0.1) is 24.4 Å². The number of pyridine rings is 1. The molecule has 1 aliphatic heterocycles. The summed E-state index contributed by atoms with van der Waals surface area (Å²) in [7, 11) is 3.82. The van der Waals surface area contributed by atoms with Crippen LogP contribution in [0.4, 0.5) is 0 Å². The van der Waals surface area contributed by atoms with E-state index >= 15 is 0 Å². The van der Waals surface area contributed by atoms with Gasteiger partial charge in [0.2, 0.25) is 0 Å². The summed E-state index contributed by atoms with van der Waals surface area (Å²) in [5.74, 6) is 0. The molecule has 1 fully saturated rings. The van der Waals surface area contributed by atoms with E-state index in [0.717, 1.165) is 17.4 Å². The largest absolute Gasteiger partial charge is 0.383 e. The molecule has 0 saturated carbocycles. The van der Waals surface area contributed by atoms with Crippen molar-refractivity contribution in [3.63, 3.8) is 0 Å². The second kappa shape index (κ2) is 6.91. The second-order valence-corrected chi connectivity index (χ2v) is 6.58. The second-order valence-electron chi connectivity index (χ2n) is 6.20. The van der Waals surface area contributed by atoms with Crippen molar-refractivity contribution in [3.8, 4) is 0 Å². The molecule has 0 aromatic carbocycles. The Morgan fingerprint density at radius 3 is 2.71 bits per heavy atom. The normalized spacial score (nSPS) is 20.5. The number of methoxy groups -OCH3 is 1. The number of nitrogens with zero attached hydrogens (tertiary/aromatic N) is 3. The molecule has 2 atom stereocenters. The van der Waals surface area contributed by atoms with E-state index in [-0.39, 0.29) is 12.1 Å². The average molecular weight is 344 g/mol. The predicted molar refractivity (Wildman–Crippen MR) is 98.9 cm³/mol. The third-order valence-electron chi connectivity index (χ3n) is 4.87. The Morgan fingerprint density at radius 1 is 1.33 bits per heavy atom. The van der Waals surface area contributed by atoms with Crippen LogP contribution >= 0.6 is 12.2 Å². The molecule has 0 bridgehead atoms. The first-order chi connectivity index (χ1) is 11.5. The van der Waals surface area contributed by atoms with Crippen molar-refractivity contribution in [3.05, 3.63) is 53.1 Å². The molecule has 3 heterocycles. The van der Waals surface area contributed by atoms with Crippen molar-refractivity contribution in [1.29, 1.82) is 0 Å². The van der Waals surface area contributed by atoms with E-state index in [1.165, 1.54) is 17.0 Å². The lowest BCUT2D eigenvalue weighted by molar-refractivity contribution is 0.164. The number of aromatic nitrogens is 2. The highest BCUT2D eigenvalue weighted by Gasteiger charge is 2.40. The van der Waals surface area contributed by atoms with Crippen LogP contribution in [0.5, 0.6) is 0 Å². The first kappa shape index (κ1) is 16.9. The molecule has 2 unspecified atom stereocenters. The number of ether oxygens (including phenoxy) is 1. The predicted octanol–water partition coefficient (Wildman–Crippen LogP) is 2.66. The number of nitrogens with one attached hydrogen (secondary N) is 1. The van der Waals surface area contributed by atoms with Gasteiger partial charge in [-0.1, -0.05) is 6.07 Å². The summed E-state index contributed by atoms with van der Waals surface area (Å²) in [4.78, 5) is 6.78. The van der Waals surface area contributed by atoms with Crippen LogP contribution in [0.15, 0.2) is 30.5 Å². The van der Waals surface area contributed by atoms with Gasteiger partial charge in [0.15, 0.2) is 5.11 Å². The van der Waals surface area contributed by atoms with Crippen LogP contribution in [0.1, 0.15) is 34.7 Å². The highest BCUT2D eigenvalue weighted by Crippen LogP contribution is 2.40. The molecule has 2 aromatic heterocycles. The van der Waals surface area contributed by atoms with Crippen LogP contribution in [-0.2, 0) is 11.8 Å². The quantitative estimate of drug-likeness (QED) is 0.845. The summed E-state index contributed by atoms with van der Waals surface area (Å²) >= 11 is 5.62. The molecule has 128 valence electrons. The van der Waals surface area contributed by atoms with Crippen LogP contribution in [-0.4, -0.2) is 39.8 Å². The lowest BCUT2D eigenvalue weighted by Gasteiger charge is -2.27. The smallest absolute Gasteiger partial charge is 0.170 e. The van der Waals surface area contributed by atoms with E-state index in [1.807, 2.05) is 18.3 Å². The Kier molecular flexibility index (Phi) is 4.87. The van der Waals surface area contributed by atoms with Gasteiger partial charge in [-0.25, -0.2) is 0 Å². The van der Waals surface area contributed by atoms with Crippen molar-refractivity contribution in [1.82, 2.24) is 19.8 Å². The van der Waals surface area contributed by atoms with Crippen LogP contribution in [0.2, 0.25) is 0 Å². The fraction of sp³-hybridized carbons (Fsp3) is 0.444. The topological polar surface area (TPSA) is 42.3 Å². The van der Waals surface area contributed by atoms with Gasteiger partial charge in [0, 0.05) is 38.3 Å². The van der Waals surface area contributed by atoms with Crippen LogP contribution in [0, 0.1) is 13.8 Å². The molecular formula is C18H24N4OS. The number of rotatable bonds is 5. The van der Waals surface area contributed by atoms with Gasteiger partial charge < -0.3 is 19.5 Å². The maximum Gasteiger partial charge on any atom is 0.170 e. The van der Waals surface area contributed by atoms with Gasteiger partial charge >= 0.3 is 0 Å². The Bertz CT molecular complexity index is 728. The molecule has 3 rings (SSSR count). The van der Waals surface area contributed by atoms with Gasteiger partial charge in [-0.15, -0.1) is 0 Å². The molecule has 2 aromatic rings. The molecule has 0 spiro atoms. The molecule has 0 amide bonds. The molecule has 5 nitrogen and oxygen atoms in total. The third-order valence-corrected chi connectivity index (χ3v) is 5.22. The van der Waals surface area contributed by atoms with Gasteiger partial charge in [-0.3, -0.25) is 4.98 Å². The van der Waals surface area contributed by atoms with Gasteiger partial charge in [0.25, 0.3) is 0 Å². The van der Waals surface area contributed by atoms with E-state index in [2.05, 4.69) is 52.8 Å². The highest BCUT2D eigenvalue weighted by atomic mass is 32.1. The zero-order valence-corrected chi connectivity index (χ0v) is 15.4. The third kappa shape index (κ3) is 2.91. The molecule has 0 aliphatic carbocycles. The van der Waals surface area contributed by atoms with Crippen molar-refractivity contribution in [2.45, 2.75) is 25.9 Å². The SMILES string of the molecule is COCCN1C(=S)NC(c2ccccn2)C1c1cc(C)n(C)c1C. The summed E-state index contributed by atoms with van der Waals surface area (Å²) in [6.07, 6.45) is 1.83. The minimum Gasteiger partial charge on any atom is -0.383 e. The van der Waals surface area contributed by atoms with Gasteiger partial charge in [-0.2, -0.15) is 0 Å². The lowest BCUT2D eigenvalue weighted by atomic mass is 9.97. The minimum atomic E-state index is 0.0380. The van der Waals surface area contributed by atoms with E-state index < -0.39 is 0 Å². The van der Waals surface area contributed by atoms with E-state index in [4.69, 9.17) is 17.0 Å². The molecule has 1 N–H and O–H groups in total. The van der Waals surface area contributed by atoms with Crippen LogP contribution in [0.25, 0.3) is 0 Å². The number of hydrogen-bond acceptors (Lipinski definition) is 3. The Labute approximate surface area is 148 Å². The minimum absolute atomic E-state index is 0.0380. The number of thiocarbonyl (C=S) groups is 1. The summed E-state index contributed by atoms with van der Waals surface area (Å²) in [6, 6.07) is 8.42. The highest BCUT2D eigenvalue weighted by molar-refractivity contribution is 7.80. The van der Waals surface area contributed by atoms with E-state index in [0.29, 0.717) is 6.61 Å². The first-order valence-corrected chi connectivity index (χ1v) is 8.55. The lowest BCUT2D eigenvalue weighted by Crippen LogP contribution is -2.32. The molecule has 1 saturated heterocycles. The van der Waals surface area contributed by atoms with Crippen molar-refractivity contribution < 1.29 is 4.74 Å². The Balaban J connectivity index is 2.05. The molecule has 0 radical (unpaired) electrons. The van der Waals surface area contributed by atoms with Crippen LogP contribution < -0.4 is 5.32 Å². The Morgan fingerprint density at radius 2 is 2.12 bits per heavy atom. The fourth-order valence-corrected chi connectivity index (χ4v) is 3.69. The summed E-state index contributed by atoms with van der Waals surface area (Å²) < 4.78 is 7.51. The maximum atomic E-state index is 5.62. The summed E-state index contributed by atoms with van der Waals surface area (Å²) in [6.45, 7) is 5.68. The zero-order valence-electron chi connectivity index (χ0n) is 14.6. The monoisotopic (exact) mass is 344 g/mol. The van der Waals surface area contributed by atoms with E-state index in [9.17, 15) is 0 Å². The number of aryl methyl sites for hydroxylation is 1. The molecule has 24 heavy (non-hydrogen) atoms. The van der Waals surface area contributed by atoms with E-state index in [1.54, 1.807) is 7.11 Å². The van der Waals surface area contributed by atoms with Crippen LogP contribution in [0.3, 0.4) is 0 Å². The van der Waals surface area contributed by atoms with Crippen molar-refractivity contribution in [2.75, 3.05) is 20.3 Å². The molecular weight excluding hydrogens is 320 g/mol. The van der Waals surface area contributed by atoms with Crippen molar-refractivity contribution >= 4 is 17.3 Å².